The lowest BCUT2D eigenvalue weighted by Gasteiger charge is -2.22. The molecule has 0 bridgehead atoms. The molecule has 0 aliphatic rings. The molecule has 8 heteroatoms. The summed E-state index contributed by atoms with van der Waals surface area (Å²) in [7, 11) is 0. The zero-order chi connectivity index (χ0) is 16.3. The van der Waals surface area contributed by atoms with Crippen molar-refractivity contribution < 1.29 is 9.90 Å². The highest BCUT2D eigenvalue weighted by Gasteiger charge is 2.24. The average Bonchev–Trinajstić information content (AvgIpc) is 3.25. The topological polar surface area (TPSA) is 92.9 Å². The predicted molar refractivity (Wildman–Crippen MR) is 85.4 cm³/mol. The number of benzene rings is 1. The minimum atomic E-state index is -1.11. The molecule has 2 N–H and O–H groups in total. The average molecular weight is 329 g/mol. The van der Waals surface area contributed by atoms with Gasteiger partial charge in [0.15, 0.2) is 0 Å². The SMILES string of the molecule is C[C@](O)(CNC(=O)c1cccc(-n2cnnn2)c1)c1ccsc1. The molecule has 0 fully saturated rings. The molecule has 0 saturated carbocycles. The molecule has 2 heterocycles. The highest BCUT2D eigenvalue weighted by molar-refractivity contribution is 7.08. The Morgan fingerprint density at radius 2 is 2.30 bits per heavy atom. The molecule has 23 heavy (non-hydrogen) atoms. The highest BCUT2D eigenvalue weighted by atomic mass is 32.1. The van der Waals surface area contributed by atoms with E-state index in [1.807, 2.05) is 16.8 Å². The molecule has 1 amide bonds. The Balaban J connectivity index is 1.70. The summed E-state index contributed by atoms with van der Waals surface area (Å²) in [6.07, 6.45) is 1.46. The van der Waals surface area contributed by atoms with E-state index in [2.05, 4.69) is 20.8 Å². The molecular formula is C15H15N5O2S. The molecule has 0 aliphatic heterocycles. The number of aliphatic hydroxyl groups is 1. The van der Waals surface area contributed by atoms with Crippen LogP contribution >= 0.6 is 11.3 Å². The van der Waals surface area contributed by atoms with Gasteiger partial charge in [-0.05, 0) is 57.9 Å². The smallest absolute Gasteiger partial charge is 0.251 e. The molecule has 1 atom stereocenters. The van der Waals surface area contributed by atoms with Crippen LogP contribution in [0.15, 0.2) is 47.4 Å². The third-order valence-electron chi connectivity index (χ3n) is 3.46. The quantitative estimate of drug-likeness (QED) is 0.737. The zero-order valence-electron chi connectivity index (χ0n) is 12.4. The van der Waals surface area contributed by atoms with Gasteiger partial charge in [-0.1, -0.05) is 6.07 Å². The highest BCUT2D eigenvalue weighted by Crippen LogP contribution is 2.22. The first-order valence-corrected chi connectivity index (χ1v) is 7.87. The summed E-state index contributed by atoms with van der Waals surface area (Å²) in [6.45, 7) is 1.80. The largest absolute Gasteiger partial charge is 0.384 e. The number of nitrogens with one attached hydrogen (secondary N) is 1. The molecule has 118 valence electrons. The Morgan fingerprint density at radius 1 is 1.43 bits per heavy atom. The number of hydrogen-bond acceptors (Lipinski definition) is 6. The first-order valence-electron chi connectivity index (χ1n) is 6.93. The first kappa shape index (κ1) is 15.3. The number of tetrazole rings is 1. The van der Waals surface area contributed by atoms with Gasteiger partial charge >= 0.3 is 0 Å². The van der Waals surface area contributed by atoms with Crippen molar-refractivity contribution in [1.82, 2.24) is 25.5 Å². The van der Waals surface area contributed by atoms with Gasteiger partial charge in [-0.2, -0.15) is 11.3 Å². The molecule has 0 spiro atoms. The van der Waals surface area contributed by atoms with Crippen LogP contribution in [0.5, 0.6) is 0 Å². The van der Waals surface area contributed by atoms with Crippen molar-refractivity contribution >= 4 is 17.2 Å². The maximum absolute atomic E-state index is 12.3. The molecule has 3 rings (SSSR count). The lowest BCUT2D eigenvalue weighted by Crippen LogP contribution is -2.38. The Labute approximate surface area is 136 Å². The molecule has 2 aromatic heterocycles. The second-order valence-electron chi connectivity index (χ2n) is 5.27. The predicted octanol–water partition coefficient (Wildman–Crippen LogP) is 1.36. The molecule has 7 nitrogen and oxygen atoms in total. The van der Waals surface area contributed by atoms with Gasteiger partial charge in [0.1, 0.15) is 11.9 Å². The van der Waals surface area contributed by atoms with Crippen LogP contribution < -0.4 is 5.32 Å². The number of aromatic nitrogens is 4. The van der Waals surface area contributed by atoms with Gasteiger partial charge in [-0.3, -0.25) is 4.79 Å². The summed E-state index contributed by atoms with van der Waals surface area (Å²) in [5, 5.41) is 27.9. The molecule has 0 saturated heterocycles. The zero-order valence-corrected chi connectivity index (χ0v) is 13.2. The second kappa shape index (κ2) is 6.27. The number of thiophene rings is 1. The van der Waals surface area contributed by atoms with Crippen molar-refractivity contribution in [3.63, 3.8) is 0 Å². The normalized spacial score (nSPS) is 13.5. The van der Waals surface area contributed by atoms with Crippen LogP contribution in [-0.4, -0.2) is 37.8 Å². The Bertz CT molecular complexity index is 784. The number of carbonyl (C=O) groups excluding carboxylic acids is 1. The van der Waals surface area contributed by atoms with Gasteiger partial charge in [0.25, 0.3) is 5.91 Å². The molecular weight excluding hydrogens is 314 g/mol. The van der Waals surface area contributed by atoms with Gasteiger partial charge in [0, 0.05) is 5.56 Å². The second-order valence-corrected chi connectivity index (χ2v) is 6.05. The van der Waals surface area contributed by atoms with Crippen LogP contribution in [0.4, 0.5) is 0 Å². The van der Waals surface area contributed by atoms with Gasteiger partial charge in [0.2, 0.25) is 0 Å². The van der Waals surface area contributed by atoms with Crippen molar-refractivity contribution in [2.45, 2.75) is 12.5 Å². The summed E-state index contributed by atoms with van der Waals surface area (Å²) in [5.41, 5.74) is 0.833. The van der Waals surface area contributed by atoms with E-state index in [1.54, 1.807) is 31.2 Å². The molecule has 3 aromatic rings. The summed E-state index contributed by atoms with van der Waals surface area (Å²) in [6, 6.07) is 8.78. The first-order chi connectivity index (χ1) is 11.1. The molecule has 0 unspecified atom stereocenters. The van der Waals surface area contributed by atoms with E-state index in [0.29, 0.717) is 11.3 Å². The Kier molecular flexibility index (Phi) is 4.18. The van der Waals surface area contributed by atoms with Crippen molar-refractivity contribution in [3.8, 4) is 5.69 Å². The van der Waals surface area contributed by atoms with E-state index in [1.165, 1.54) is 22.3 Å². The van der Waals surface area contributed by atoms with E-state index < -0.39 is 5.60 Å². The number of nitrogens with zero attached hydrogens (tertiary/aromatic N) is 4. The Morgan fingerprint density at radius 3 is 3.00 bits per heavy atom. The van der Waals surface area contributed by atoms with Crippen LogP contribution in [0, 0.1) is 0 Å². The maximum atomic E-state index is 12.3. The molecule has 0 radical (unpaired) electrons. The van der Waals surface area contributed by atoms with Crippen LogP contribution in [0.25, 0.3) is 5.69 Å². The van der Waals surface area contributed by atoms with Crippen molar-refractivity contribution in [1.29, 1.82) is 0 Å². The summed E-state index contributed by atoms with van der Waals surface area (Å²) < 4.78 is 1.47. The summed E-state index contributed by atoms with van der Waals surface area (Å²) >= 11 is 1.50. The maximum Gasteiger partial charge on any atom is 0.251 e. The van der Waals surface area contributed by atoms with E-state index >= 15 is 0 Å². The fraction of sp³-hybridized carbons (Fsp3) is 0.200. The standard InChI is InChI=1S/C15H15N5O2S/c1-15(22,12-5-6-23-8-12)9-16-14(21)11-3-2-4-13(7-11)20-10-17-18-19-20/h2-8,10,22H,9H2,1H3,(H,16,21)/t15-/m0/s1. The summed E-state index contributed by atoms with van der Waals surface area (Å²) in [5.74, 6) is -0.268. The molecule has 0 aliphatic carbocycles. The number of rotatable bonds is 5. The minimum absolute atomic E-state index is 0.123. The van der Waals surface area contributed by atoms with Crippen LogP contribution in [0.2, 0.25) is 0 Å². The van der Waals surface area contributed by atoms with E-state index in [-0.39, 0.29) is 12.5 Å². The van der Waals surface area contributed by atoms with E-state index in [4.69, 9.17) is 0 Å². The number of amides is 1. The third kappa shape index (κ3) is 3.43. The third-order valence-corrected chi connectivity index (χ3v) is 4.14. The van der Waals surface area contributed by atoms with E-state index in [0.717, 1.165) is 5.56 Å². The lowest BCUT2D eigenvalue weighted by molar-refractivity contribution is 0.0530. The van der Waals surface area contributed by atoms with Gasteiger partial charge in [0.05, 0.1) is 12.2 Å². The van der Waals surface area contributed by atoms with Gasteiger partial charge in [-0.25, -0.2) is 4.68 Å². The Hall–Kier alpha value is -2.58. The van der Waals surface area contributed by atoms with Gasteiger partial charge < -0.3 is 10.4 Å². The van der Waals surface area contributed by atoms with E-state index in [9.17, 15) is 9.90 Å². The van der Waals surface area contributed by atoms with Crippen LogP contribution in [-0.2, 0) is 5.60 Å². The monoisotopic (exact) mass is 329 g/mol. The molecule has 1 aromatic carbocycles. The fourth-order valence-electron chi connectivity index (χ4n) is 2.10. The number of carbonyl (C=O) groups is 1. The van der Waals surface area contributed by atoms with Crippen LogP contribution in [0.3, 0.4) is 0 Å². The minimum Gasteiger partial charge on any atom is -0.384 e. The lowest BCUT2D eigenvalue weighted by atomic mass is 9.99. The van der Waals surface area contributed by atoms with Crippen molar-refractivity contribution in [2.24, 2.45) is 0 Å². The summed E-state index contributed by atoms with van der Waals surface area (Å²) in [4.78, 5) is 12.3. The van der Waals surface area contributed by atoms with Crippen LogP contribution in [0.1, 0.15) is 22.8 Å². The van der Waals surface area contributed by atoms with Crippen molar-refractivity contribution in [2.75, 3.05) is 6.54 Å². The van der Waals surface area contributed by atoms with Gasteiger partial charge in [-0.15, -0.1) is 5.10 Å². The van der Waals surface area contributed by atoms with Crippen molar-refractivity contribution in [3.05, 3.63) is 58.5 Å². The number of hydrogen-bond donors (Lipinski definition) is 2. The fourth-order valence-corrected chi connectivity index (χ4v) is 2.88.